The molecule has 10 rings (SSSR count). The molecule has 2 aromatic heterocycles. The summed E-state index contributed by atoms with van der Waals surface area (Å²) in [6.07, 6.45) is 0. The fourth-order valence-electron chi connectivity index (χ4n) is 7.55. The summed E-state index contributed by atoms with van der Waals surface area (Å²) in [5.41, 5.74) is 10.9. The van der Waals surface area contributed by atoms with Gasteiger partial charge in [0, 0.05) is 38.6 Å². The van der Waals surface area contributed by atoms with E-state index in [9.17, 15) is 0 Å². The average Bonchev–Trinajstić information content (AvgIpc) is 3.73. The summed E-state index contributed by atoms with van der Waals surface area (Å²) < 4.78 is 9.03. The summed E-state index contributed by atoms with van der Waals surface area (Å²) in [6, 6.07) is 64.9. The van der Waals surface area contributed by atoms with E-state index in [0.29, 0.717) is 0 Å². The van der Waals surface area contributed by atoms with Gasteiger partial charge < -0.3 is 13.9 Å². The van der Waals surface area contributed by atoms with Crippen LogP contribution in [0, 0.1) is 0 Å². The Morgan fingerprint density at radius 1 is 0.429 bits per heavy atom. The number of hydrogen-bond acceptors (Lipinski definition) is 2. The molecule has 0 aliphatic heterocycles. The van der Waals surface area contributed by atoms with E-state index in [1.54, 1.807) is 0 Å². The van der Waals surface area contributed by atoms with Crippen LogP contribution in [0.1, 0.15) is 0 Å². The lowest BCUT2D eigenvalue weighted by Crippen LogP contribution is -2.11. The van der Waals surface area contributed by atoms with Crippen molar-refractivity contribution in [1.82, 2.24) is 4.57 Å². The standard InChI is InChI=1S/C46H30N2O/c1-2-12-31(13-3-1)32-24-27-34(28-25-32)47(43-22-11-23-44-45(43)40-29-26-33-14-4-5-17-37(33)46(40)49-44)35-15-10-16-36(30-35)48-41-20-8-6-18-38(41)39-19-7-9-21-42(39)48/h1-30H. The first-order chi connectivity index (χ1) is 24.3. The second kappa shape index (κ2) is 11.0. The molecule has 0 saturated heterocycles. The number of anilines is 3. The molecule has 49 heavy (non-hydrogen) atoms. The highest BCUT2D eigenvalue weighted by Gasteiger charge is 2.21. The van der Waals surface area contributed by atoms with Crippen LogP contribution in [-0.4, -0.2) is 4.57 Å². The number of aromatic nitrogens is 1. The number of hydrogen-bond donors (Lipinski definition) is 0. The molecule has 0 unspecified atom stereocenters. The van der Waals surface area contributed by atoms with Crippen molar-refractivity contribution < 1.29 is 4.42 Å². The van der Waals surface area contributed by atoms with Crippen LogP contribution in [0.2, 0.25) is 0 Å². The molecule has 0 aliphatic carbocycles. The molecule has 3 heteroatoms. The van der Waals surface area contributed by atoms with Crippen LogP contribution in [0.5, 0.6) is 0 Å². The van der Waals surface area contributed by atoms with E-state index in [0.717, 1.165) is 50.1 Å². The highest BCUT2D eigenvalue weighted by atomic mass is 16.3. The molecule has 0 atom stereocenters. The zero-order chi connectivity index (χ0) is 32.3. The SMILES string of the molecule is c1ccc(-c2ccc(N(c3cccc(-n4c5ccccc5c5ccccc54)c3)c3cccc4oc5c6ccccc6ccc5c34)cc2)cc1. The molecule has 10 aromatic rings. The smallest absolute Gasteiger partial charge is 0.143 e. The Hall–Kier alpha value is -6.58. The Labute approximate surface area is 283 Å². The van der Waals surface area contributed by atoms with Crippen LogP contribution in [-0.2, 0) is 0 Å². The first kappa shape index (κ1) is 27.5. The molecular formula is C46H30N2O. The first-order valence-electron chi connectivity index (χ1n) is 16.7. The van der Waals surface area contributed by atoms with Gasteiger partial charge in [0.1, 0.15) is 11.2 Å². The molecule has 0 amide bonds. The third-order valence-electron chi connectivity index (χ3n) is 9.76. The fraction of sp³-hybridized carbons (Fsp3) is 0. The van der Waals surface area contributed by atoms with E-state index in [1.807, 2.05) is 0 Å². The molecule has 2 heterocycles. The number of furan rings is 1. The van der Waals surface area contributed by atoms with Crippen molar-refractivity contribution in [2.45, 2.75) is 0 Å². The summed E-state index contributed by atoms with van der Waals surface area (Å²) in [5, 5.41) is 6.99. The van der Waals surface area contributed by atoms with Crippen LogP contribution < -0.4 is 4.90 Å². The van der Waals surface area contributed by atoms with Crippen molar-refractivity contribution in [2.24, 2.45) is 0 Å². The molecular weight excluding hydrogens is 597 g/mol. The number of para-hydroxylation sites is 2. The Kier molecular flexibility index (Phi) is 6.18. The molecule has 0 saturated carbocycles. The van der Waals surface area contributed by atoms with Crippen molar-refractivity contribution in [1.29, 1.82) is 0 Å². The van der Waals surface area contributed by atoms with E-state index < -0.39 is 0 Å². The van der Waals surface area contributed by atoms with Gasteiger partial charge in [0.15, 0.2) is 0 Å². The molecule has 0 radical (unpaired) electrons. The highest BCUT2D eigenvalue weighted by molar-refractivity contribution is 6.19. The molecule has 8 aromatic carbocycles. The van der Waals surface area contributed by atoms with Gasteiger partial charge in [-0.2, -0.15) is 0 Å². The maximum absolute atomic E-state index is 6.65. The van der Waals surface area contributed by atoms with Gasteiger partial charge in [0.2, 0.25) is 0 Å². The lowest BCUT2D eigenvalue weighted by Gasteiger charge is -2.27. The van der Waals surface area contributed by atoms with E-state index in [-0.39, 0.29) is 0 Å². The van der Waals surface area contributed by atoms with Gasteiger partial charge in [0.05, 0.1) is 22.1 Å². The fourth-order valence-corrected chi connectivity index (χ4v) is 7.55. The van der Waals surface area contributed by atoms with Crippen LogP contribution in [0.25, 0.3) is 71.3 Å². The summed E-state index contributed by atoms with van der Waals surface area (Å²) >= 11 is 0. The largest absolute Gasteiger partial charge is 0.455 e. The zero-order valence-corrected chi connectivity index (χ0v) is 26.6. The predicted octanol–water partition coefficient (Wildman–Crippen LogP) is 13.0. The van der Waals surface area contributed by atoms with Gasteiger partial charge >= 0.3 is 0 Å². The Balaban J connectivity index is 1.22. The number of fused-ring (bicyclic) bond motifs is 8. The average molecular weight is 627 g/mol. The molecule has 0 N–H and O–H groups in total. The Bertz CT molecular complexity index is 2770. The minimum absolute atomic E-state index is 0.869. The van der Waals surface area contributed by atoms with E-state index in [1.165, 1.54) is 38.3 Å². The van der Waals surface area contributed by atoms with Gasteiger partial charge in [-0.1, -0.05) is 121 Å². The van der Waals surface area contributed by atoms with Crippen molar-refractivity contribution in [3.63, 3.8) is 0 Å². The predicted molar refractivity (Wildman–Crippen MR) is 206 cm³/mol. The lowest BCUT2D eigenvalue weighted by atomic mass is 10.0. The van der Waals surface area contributed by atoms with Crippen molar-refractivity contribution in [2.75, 3.05) is 4.90 Å². The second-order valence-corrected chi connectivity index (χ2v) is 12.6. The second-order valence-electron chi connectivity index (χ2n) is 12.6. The topological polar surface area (TPSA) is 21.3 Å². The third-order valence-corrected chi connectivity index (χ3v) is 9.76. The summed E-state index contributed by atoms with van der Waals surface area (Å²) in [7, 11) is 0. The van der Waals surface area contributed by atoms with Gasteiger partial charge in [-0.25, -0.2) is 0 Å². The zero-order valence-electron chi connectivity index (χ0n) is 26.6. The van der Waals surface area contributed by atoms with Gasteiger partial charge in [-0.15, -0.1) is 0 Å². The molecule has 0 spiro atoms. The van der Waals surface area contributed by atoms with Crippen molar-refractivity contribution in [3.05, 3.63) is 182 Å². The number of rotatable bonds is 5. The lowest BCUT2D eigenvalue weighted by molar-refractivity contribution is 0.672. The minimum Gasteiger partial charge on any atom is -0.455 e. The van der Waals surface area contributed by atoms with Crippen molar-refractivity contribution in [3.8, 4) is 16.8 Å². The quantitative estimate of drug-likeness (QED) is 0.190. The molecule has 3 nitrogen and oxygen atoms in total. The monoisotopic (exact) mass is 626 g/mol. The Morgan fingerprint density at radius 3 is 1.86 bits per heavy atom. The van der Waals surface area contributed by atoms with Crippen molar-refractivity contribution >= 4 is 71.6 Å². The van der Waals surface area contributed by atoms with E-state index >= 15 is 0 Å². The minimum atomic E-state index is 0.869. The highest BCUT2D eigenvalue weighted by Crippen LogP contribution is 2.45. The third kappa shape index (κ3) is 4.37. The van der Waals surface area contributed by atoms with Gasteiger partial charge in [-0.05, 0) is 77.2 Å². The summed E-state index contributed by atoms with van der Waals surface area (Å²) in [5.74, 6) is 0. The maximum Gasteiger partial charge on any atom is 0.143 e. The Morgan fingerprint density at radius 2 is 1.08 bits per heavy atom. The molecule has 230 valence electrons. The van der Waals surface area contributed by atoms with Crippen LogP contribution >= 0.6 is 0 Å². The van der Waals surface area contributed by atoms with Crippen LogP contribution in [0.3, 0.4) is 0 Å². The molecule has 0 aliphatic rings. The maximum atomic E-state index is 6.65. The van der Waals surface area contributed by atoms with E-state index in [2.05, 4.69) is 191 Å². The molecule has 0 fully saturated rings. The van der Waals surface area contributed by atoms with E-state index in [4.69, 9.17) is 4.42 Å². The van der Waals surface area contributed by atoms with Crippen LogP contribution in [0.4, 0.5) is 17.1 Å². The summed E-state index contributed by atoms with van der Waals surface area (Å²) in [4.78, 5) is 2.37. The molecule has 0 bridgehead atoms. The van der Waals surface area contributed by atoms with Gasteiger partial charge in [0.25, 0.3) is 0 Å². The number of nitrogens with zero attached hydrogens (tertiary/aromatic N) is 2. The summed E-state index contributed by atoms with van der Waals surface area (Å²) in [6.45, 7) is 0. The first-order valence-corrected chi connectivity index (χ1v) is 16.7. The van der Waals surface area contributed by atoms with Crippen LogP contribution in [0.15, 0.2) is 186 Å². The number of benzene rings is 8. The normalized spacial score (nSPS) is 11.7. The van der Waals surface area contributed by atoms with Gasteiger partial charge in [-0.3, -0.25) is 0 Å².